The predicted octanol–water partition coefficient (Wildman–Crippen LogP) is 4.73. The lowest BCUT2D eigenvalue weighted by molar-refractivity contribution is 0.830. The maximum atomic E-state index is 4.79. The second-order valence-electron chi connectivity index (χ2n) is 5.74. The topological polar surface area (TPSA) is 12.9 Å². The molecule has 0 bridgehead atoms. The van der Waals surface area contributed by atoms with E-state index in [1.165, 1.54) is 5.32 Å². The van der Waals surface area contributed by atoms with E-state index in [-0.39, 0.29) is 0 Å². The molecule has 0 aromatic carbocycles. The van der Waals surface area contributed by atoms with E-state index in [1.54, 1.807) is 0 Å². The van der Waals surface area contributed by atoms with Crippen LogP contribution in [-0.4, -0.2) is 13.1 Å². The van der Waals surface area contributed by atoms with Gasteiger partial charge in [0.1, 0.15) is 12.7 Å². The van der Waals surface area contributed by atoms with Crippen LogP contribution >= 0.6 is 15.9 Å². The molecule has 0 amide bonds. The number of hydrogen-bond donors (Lipinski definition) is 0. The molecule has 0 aliphatic carbocycles. The lowest BCUT2D eigenvalue weighted by Crippen LogP contribution is -2.56. The third kappa shape index (κ3) is 2.65. The summed E-state index contributed by atoms with van der Waals surface area (Å²) < 4.78 is 0.967. The fourth-order valence-electron chi connectivity index (χ4n) is 3.54. The molecule has 0 unspecified atom stereocenters. The number of aromatic nitrogens is 1. The molecule has 0 radical (unpaired) electrons. The Morgan fingerprint density at radius 3 is 1.76 bits per heavy atom. The quantitative estimate of drug-likeness (QED) is 0.578. The molecule has 0 saturated carbocycles. The smallest absolute Gasteiger partial charge is 0.118 e. The Bertz CT molecular complexity index is 352. The van der Waals surface area contributed by atoms with Crippen LogP contribution in [0.15, 0.2) is 22.8 Å². The molecule has 3 heteroatoms. The summed E-state index contributed by atoms with van der Waals surface area (Å²) in [6, 6.07) is 6.38. The predicted molar refractivity (Wildman–Crippen MR) is 82.6 cm³/mol. The van der Waals surface area contributed by atoms with Gasteiger partial charge < -0.3 is 0 Å². The molecule has 17 heavy (non-hydrogen) atoms. The molecule has 0 fully saturated rings. The molecule has 0 N–H and O–H groups in total. The molecule has 1 aromatic heterocycles. The lowest BCUT2D eigenvalue weighted by atomic mass is 10.5. The summed E-state index contributed by atoms with van der Waals surface area (Å²) in [5.74, 6) is 0. The lowest BCUT2D eigenvalue weighted by Gasteiger charge is -2.42. The van der Waals surface area contributed by atoms with Gasteiger partial charge >= 0.3 is 0 Å². The summed E-state index contributed by atoms with van der Waals surface area (Å²) in [6.45, 7) is 14.2. The first kappa shape index (κ1) is 14.9. The highest BCUT2D eigenvalue weighted by molar-refractivity contribution is 9.10. The van der Waals surface area contributed by atoms with Gasteiger partial charge in [0.15, 0.2) is 0 Å². The van der Waals surface area contributed by atoms with Crippen molar-refractivity contribution in [3.05, 3.63) is 22.8 Å². The average Bonchev–Trinajstić information content (AvgIpc) is 2.16. The number of nitrogens with zero attached hydrogens (tertiary/aromatic N) is 1. The van der Waals surface area contributed by atoms with Crippen LogP contribution in [0.3, 0.4) is 0 Å². The Morgan fingerprint density at radius 1 is 0.941 bits per heavy atom. The van der Waals surface area contributed by atoms with Gasteiger partial charge in [0.2, 0.25) is 0 Å². The molecule has 0 spiro atoms. The van der Waals surface area contributed by atoms with Crippen LogP contribution in [0.5, 0.6) is 0 Å². The minimum Gasteiger partial charge on any atom is -0.251 e. The zero-order chi connectivity index (χ0) is 13.2. The highest BCUT2D eigenvalue weighted by Crippen LogP contribution is 2.40. The minimum atomic E-state index is -1.58. The van der Waals surface area contributed by atoms with Gasteiger partial charge in [0, 0.05) is 5.32 Å². The number of halogens is 1. The van der Waals surface area contributed by atoms with Crippen molar-refractivity contribution in [2.75, 3.05) is 0 Å². The summed E-state index contributed by atoms with van der Waals surface area (Å²) >= 11 is 3.51. The molecular weight excluding hydrogens is 290 g/mol. The molecular formula is C14H24BrNSi. The van der Waals surface area contributed by atoms with E-state index in [1.807, 2.05) is 6.07 Å². The van der Waals surface area contributed by atoms with Gasteiger partial charge in [-0.2, -0.15) is 0 Å². The first-order valence-corrected chi connectivity index (χ1v) is 9.49. The Balaban J connectivity index is 3.41. The second kappa shape index (κ2) is 5.66. The second-order valence-corrected chi connectivity index (χ2v) is 12.4. The van der Waals surface area contributed by atoms with E-state index in [9.17, 15) is 0 Å². The molecule has 0 saturated heterocycles. The molecule has 1 heterocycles. The minimum absolute atomic E-state index is 0.712. The average molecular weight is 314 g/mol. The van der Waals surface area contributed by atoms with Crippen molar-refractivity contribution in [1.29, 1.82) is 0 Å². The van der Waals surface area contributed by atoms with Crippen LogP contribution in [0.4, 0.5) is 0 Å². The van der Waals surface area contributed by atoms with Crippen LogP contribution < -0.4 is 5.32 Å². The van der Waals surface area contributed by atoms with Crippen molar-refractivity contribution in [2.24, 2.45) is 0 Å². The zero-order valence-electron chi connectivity index (χ0n) is 11.8. The number of rotatable bonds is 4. The van der Waals surface area contributed by atoms with Gasteiger partial charge in [-0.05, 0) is 44.7 Å². The summed E-state index contributed by atoms with van der Waals surface area (Å²) in [5.41, 5.74) is 2.14. The van der Waals surface area contributed by atoms with Crippen LogP contribution in [0.2, 0.25) is 16.6 Å². The first-order valence-electron chi connectivity index (χ1n) is 6.46. The molecule has 0 atom stereocenters. The molecule has 96 valence electrons. The fourth-order valence-corrected chi connectivity index (χ4v) is 10.5. The van der Waals surface area contributed by atoms with Crippen molar-refractivity contribution in [3.63, 3.8) is 0 Å². The van der Waals surface area contributed by atoms with Crippen molar-refractivity contribution >= 4 is 29.3 Å². The van der Waals surface area contributed by atoms with Crippen LogP contribution in [0, 0.1) is 0 Å². The Kier molecular flexibility index (Phi) is 4.96. The van der Waals surface area contributed by atoms with Crippen molar-refractivity contribution < 1.29 is 0 Å². The standard InChI is InChI=1S/C14H24BrNSi/c1-10(2)17(11(3)4,12(5)6)14-9-7-8-13(15)16-14/h7-12H,1-6H3. The summed E-state index contributed by atoms with van der Waals surface area (Å²) in [7, 11) is -1.58. The van der Waals surface area contributed by atoms with E-state index in [4.69, 9.17) is 4.98 Å². The molecule has 0 aliphatic heterocycles. The molecule has 1 aromatic rings. The highest BCUT2D eigenvalue weighted by atomic mass is 79.9. The maximum absolute atomic E-state index is 4.79. The molecule has 0 aliphatic rings. The molecule has 1 nitrogen and oxygen atoms in total. The normalized spacial score (nSPS) is 12.8. The third-order valence-electron chi connectivity index (χ3n) is 4.02. The van der Waals surface area contributed by atoms with Gasteiger partial charge in [-0.15, -0.1) is 0 Å². The summed E-state index contributed by atoms with van der Waals surface area (Å²) in [6.07, 6.45) is 0. The zero-order valence-corrected chi connectivity index (χ0v) is 14.4. The first-order chi connectivity index (χ1) is 7.83. The van der Waals surface area contributed by atoms with Crippen LogP contribution in [0.1, 0.15) is 41.5 Å². The van der Waals surface area contributed by atoms with Crippen LogP contribution in [-0.2, 0) is 0 Å². The third-order valence-corrected chi connectivity index (χ3v) is 11.4. The van der Waals surface area contributed by atoms with Gasteiger partial charge in [0.05, 0.1) is 0 Å². The summed E-state index contributed by atoms with van der Waals surface area (Å²) in [4.78, 5) is 4.79. The van der Waals surface area contributed by atoms with Crippen LogP contribution in [0.25, 0.3) is 0 Å². The van der Waals surface area contributed by atoms with Crippen molar-refractivity contribution in [3.8, 4) is 0 Å². The van der Waals surface area contributed by atoms with Gasteiger partial charge in [-0.25, -0.2) is 0 Å². The summed E-state index contributed by atoms with van der Waals surface area (Å²) in [5, 5.41) is 1.35. The van der Waals surface area contributed by atoms with E-state index < -0.39 is 8.07 Å². The van der Waals surface area contributed by atoms with Gasteiger partial charge in [-0.3, -0.25) is 4.98 Å². The Hall–Kier alpha value is -0.153. The SMILES string of the molecule is CC(C)[Si](c1cccc(Br)n1)(C(C)C)C(C)C. The van der Waals surface area contributed by atoms with Crippen molar-refractivity contribution in [2.45, 2.75) is 58.2 Å². The maximum Gasteiger partial charge on any atom is 0.118 e. The monoisotopic (exact) mass is 313 g/mol. The van der Waals surface area contributed by atoms with E-state index in [0.717, 1.165) is 4.60 Å². The van der Waals surface area contributed by atoms with Crippen molar-refractivity contribution in [1.82, 2.24) is 4.98 Å². The largest absolute Gasteiger partial charge is 0.251 e. The van der Waals surface area contributed by atoms with E-state index >= 15 is 0 Å². The fraction of sp³-hybridized carbons (Fsp3) is 0.643. The molecule has 1 rings (SSSR count). The number of hydrogen-bond acceptors (Lipinski definition) is 1. The highest BCUT2D eigenvalue weighted by Gasteiger charge is 2.45. The van der Waals surface area contributed by atoms with Gasteiger partial charge in [-0.1, -0.05) is 47.6 Å². The van der Waals surface area contributed by atoms with E-state index in [2.05, 4.69) is 69.6 Å². The Morgan fingerprint density at radius 2 is 1.41 bits per heavy atom. The van der Waals surface area contributed by atoms with E-state index in [0.29, 0.717) is 16.6 Å². The number of pyridine rings is 1. The Labute approximate surface area is 115 Å². The van der Waals surface area contributed by atoms with Gasteiger partial charge in [0.25, 0.3) is 0 Å².